The molecular weight excluding hydrogens is 652 g/mol. The van der Waals surface area contributed by atoms with Crippen LogP contribution in [-0.4, -0.2) is 55.1 Å². The Morgan fingerprint density at radius 3 is 2.18 bits per heavy atom. The molecule has 5 rings (SSSR count). The number of nitrogens with zero attached hydrogens (tertiary/aromatic N) is 2. The molecule has 49 heavy (non-hydrogen) atoms. The summed E-state index contributed by atoms with van der Waals surface area (Å²) in [6.45, 7) is 0. The summed E-state index contributed by atoms with van der Waals surface area (Å²) in [6.07, 6.45) is 1.39. The summed E-state index contributed by atoms with van der Waals surface area (Å²) >= 11 is 1.15. The Bertz CT molecular complexity index is 1920. The molecule has 4 amide bonds. The summed E-state index contributed by atoms with van der Waals surface area (Å²) in [6, 6.07) is 23.5. The van der Waals surface area contributed by atoms with Crippen LogP contribution in [0.2, 0.25) is 0 Å². The number of anilines is 2. The zero-order valence-electron chi connectivity index (χ0n) is 26.5. The number of rotatable bonds is 12. The SMILES string of the molecule is COc1cc(/C=C(\NC(=O)c2ccccc2)C(=O)Nc2cccc(SC3CC(=O)N(c4ccc([N+](=O)[O-])cc4)C3=O)c2)cc(OC)c1OC. The maximum atomic E-state index is 13.7. The molecule has 4 aromatic carbocycles. The van der Waals surface area contributed by atoms with E-state index in [0.717, 1.165) is 16.7 Å². The zero-order chi connectivity index (χ0) is 35.1. The minimum atomic E-state index is -0.755. The minimum Gasteiger partial charge on any atom is -0.493 e. The predicted molar refractivity (Wildman–Crippen MR) is 183 cm³/mol. The summed E-state index contributed by atoms with van der Waals surface area (Å²) < 4.78 is 16.3. The monoisotopic (exact) mass is 682 g/mol. The van der Waals surface area contributed by atoms with E-state index in [1.54, 1.807) is 66.7 Å². The maximum Gasteiger partial charge on any atom is 0.272 e. The molecule has 0 saturated carbocycles. The third-order valence-electron chi connectivity index (χ3n) is 7.32. The van der Waals surface area contributed by atoms with Gasteiger partial charge in [-0.1, -0.05) is 24.3 Å². The summed E-state index contributed by atoms with van der Waals surface area (Å²) in [5, 5.41) is 15.7. The Kier molecular flexibility index (Phi) is 10.6. The number of non-ortho nitro benzene ring substituents is 1. The third-order valence-corrected chi connectivity index (χ3v) is 8.50. The van der Waals surface area contributed by atoms with Crippen molar-refractivity contribution in [1.82, 2.24) is 5.32 Å². The second kappa shape index (κ2) is 15.2. The Morgan fingerprint density at radius 2 is 1.57 bits per heavy atom. The molecule has 1 heterocycles. The molecule has 1 unspecified atom stereocenters. The summed E-state index contributed by atoms with van der Waals surface area (Å²) in [5.41, 5.74) is 1.17. The van der Waals surface area contributed by atoms with Crippen molar-refractivity contribution >= 4 is 58.5 Å². The summed E-state index contributed by atoms with van der Waals surface area (Å²) in [7, 11) is 4.39. The number of ether oxygens (including phenoxy) is 3. The standard InChI is InChI=1S/C35H30N4O9S/c1-46-28-17-21(18-29(47-2)32(28)48-3)16-27(37-33(41)22-8-5-4-6-9-22)34(42)36-23-10-7-11-26(19-23)49-30-20-31(40)38(35(30)43)24-12-14-25(15-13-24)39(44)45/h4-19,30H,20H2,1-3H3,(H,36,42)(H,37,41)/b27-16-. The second-order valence-corrected chi connectivity index (χ2v) is 11.7. The van der Waals surface area contributed by atoms with E-state index < -0.39 is 33.8 Å². The topological polar surface area (TPSA) is 166 Å². The molecule has 4 aromatic rings. The number of methoxy groups -OCH3 is 3. The van der Waals surface area contributed by atoms with E-state index in [1.165, 1.54) is 51.7 Å². The highest BCUT2D eigenvalue weighted by atomic mass is 32.2. The first-order valence-electron chi connectivity index (χ1n) is 14.7. The van der Waals surface area contributed by atoms with Crippen LogP contribution in [0.15, 0.2) is 102 Å². The molecule has 1 fully saturated rings. The molecule has 13 nitrogen and oxygen atoms in total. The minimum absolute atomic E-state index is 0.0791. The quantitative estimate of drug-likeness (QED) is 0.0849. The Balaban J connectivity index is 1.37. The van der Waals surface area contributed by atoms with Gasteiger partial charge in [0.1, 0.15) is 5.70 Å². The first-order chi connectivity index (χ1) is 23.6. The number of benzene rings is 4. The number of carbonyl (C=O) groups is 4. The summed E-state index contributed by atoms with van der Waals surface area (Å²) in [5.74, 6) is -1.00. The van der Waals surface area contributed by atoms with E-state index >= 15 is 0 Å². The smallest absolute Gasteiger partial charge is 0.272 e. The second-order valence-electron chi connectivity index (χ2n) is 10.5. The predicted octanol–water partition coefficient (Wildman–Crippen LogP) is 5.45. The fourth-order valence-electron chi connectivity index (χ4n) is 4.99. The lowest BCUT2D eigenvalue weighted by Gasteiger charge is -2.15. The van der Waals surface area contributed by atoms with Crippen LogP contribution in [0.4, 0.5) is 17.1 Å². The van der Waals surface area contributed by atoms with E-state index in [9.17, 15) is 29.3 Å². The van der Waals surface area contributed by atoms with Crippen LogP contribution in [0.3, 0.4) is 0 Å². The highest BCUT2D eigenvalue weighted by Crippen LogP contribution is 2.39. The van der Waals surface area contributed by atoms with Crippen LogP contribution in [0.1, 0.15) is 22.3 Å². The van der Waals surface area contributed by atoms with Crippen LogP contribution in [-0.2, 0) is 14.4 Å². The van der Waals surface area contributed by atoms with Gasteiger partial charge < -0.3 is 24.8 Å². The molecule has 0 aromatic heterocycles. The molecule has 14 heteroatoms. The van der Waals surface area contributed by atoms with Gasteiger partial charge in [0.25, 0.3) is 17.5 Å². The number of carbonyl (C=O) groups excluding carboxylic acids is 4. The number of amides is 4. The van der Waals surface area contributed by atoms with Crippen LogP contribution in [0.5, 0.6) is 17.2 Å². The van der Waals surface area contributed by atoms with Crippen molar-refractivity contribution in [2.75, 3.05) is 31.5 Å². The molecule has 1 aliphatic rings. The van der Waals surface area contributed by atoms with E-state index in [0.29, 0.717) is 39.0 Å². The molecule has 250 valence electrons. The van der Waals surface area contributed by atoms with Gasteiger partial charge >= 0.3 is 0 Å². The number of hydrogen-bond acceptors (Lipinski definition) is 10. The van der Waals surface area contributed by atoms with E-state index in [1.807, 2.05) is 0 Å². The average Bonchev–Trinajstić information content (AvgIpc) is 3.39. The van der Waals surface area contributed by atoms with Gasteiger partial charge in [-0.05, 0) is 66.2 Å². The normalized spacial score (nSPS) is 14.3. The van der Waals surface area contributed by atoms with Crippen molar-refractivity contribution in [3.8, 4) is 17.2 Å². The molecule has 1 aliphatic heterocycles. The lowest BCUT2D eigenvalue weighted by Crippen LogP contribution is -2.31. The zero-order valence-corrected chi connectivity index (χ0v) is 27.3. The molecule has 0 spiro atoms. The fraction of sp³-hybridized carbons (Fsp3) is 0.143. The van der Waals surface area contributed by atoms with Gasteiger partial charge in [0.05, 0.1) is 37.2 Å². The highest BCUT2D eigenvalue weighted by molar-refractivity contribution is 8.00. The number of nitro groups is 1. The molecule has 1 atom stereocenters. The van der Waals surface area contributed by atoms with Crippen molar-refractivity contribution in [3.63, 3.8) is 0 Å². The van der Waals surface area contributed by atoms with Crippen LogP contribution < -0.4 is 29.7 Å². The average molecular weight is 683 g/mol. The van der Waals surface area contributed by atoms with E-state index in [-0.39, 0.29) is 23.5 Å². The first-order valence-corrected chi connectivity index (χ1v) is 15.6. The molecular formula is C35H30N4O9S. The Morgan fingerprint density at radius 1 is 0.898 bits per heavy atom. The summed E-state index contributed by atoms with van der Waals surface area (Å²) in [4.78, 5) is 64.9. The first kappa shape index (κ1) is 34.2. The third kappa shape index (κ3) is 7.88. The molecule has 0 radical (unpaired) electrons. The lowest BCUT2D eigenvalue weighted by molar-refractivity contribution is -0.384. The molecule has 1 saturated heterocycles. The van der Waals surface area contributed by atoms with Crippen molar-refractivity contribution in [2.45, 2.75) is 16.6 Å². The van der Waals surface area contributed by atoms with Crippen molar-refractivity contribution < 1.29 is 38.3 Å². The largest absolute Gasteiger partial charge is 0.493 e. The van der Waals surface area contributed by atoms with E-state index in [2.05, 4.69) is 10.6 Å². The van der Waals surface area contributed by atoms with Crippen molar-refractivity contribution in [1.29, 1.82) is 0 Å². The lowest BCUT2D eigenvalue weighted by atomic mass is 10.1. The fourth-order valence-corrected chi connectivity index (χ4v) is 6.11. The maximum absolute atomic E-state index is 13.7. The van der Waals surface area contributed by atoms with Gasteiger partial charge in [0, 0.05) is 34.7 Å². The molecule has 0 aliphatic carbocycles. The van der Waals surface area contributed by atoms with Gasteiger partial charge in [-0.25, -0.2) is 4.90 Å². The number of nitrogens with one attached hydrogen (secondary N) is 2. The Labute approximate surface area is 285 Å². The number of imide groups is 1. The molecule has 0 bridgehead atoms. The van der Waals surface area contributed by atoms with E-state index in [4.69, 9.17) is 14.2 Å². The number of thioether (sulfide) groups is 1. The van der Waals surface area contributed by atoms with Crippen molar-refractivity contribution in [2.24, 2.45) is 0 Å². The van der Waals surface area contributed by atoms with Gasteiger partial charge in [0.2, 0.25) is 17.6 Å². The number of nitro benzene ring substituents is 1. The molecule has 2 N–H and O–H groups in total. The number of hydrogen-bond donors (Lipinski definition) is 2. The van der Waals surface area contributed by atoms with Crippen LogP contribution >= 0.6 is 11.8 Å². The van der Waals surface area contributed by atoms with Gasteiger partial charge in [0.15, 0.2) is 11.5 Å². The van der Waals surface area contributed by atoms with Gasteiger partial charge in [-0.3, -0.25) is 29.3 Å². The van der Waals surface area contributed by atoms with Crippen molar-refractivity contribution in [3.05, 3.63) is 118 Å². The Hall–Kier alpha value is -6.15. The highest BCUT2D eigenvalue weighted by Gasteiger charge is 2.40. The van der Waals surface area contributed by atoms with Crippen LogP contribution in [0.25, 0.3) is 6.08 Å². The van der Waals surface area contributed by atoms with Gasteiger partial charge in [-0.15, -0.1) is 11.8 Å². The van der Waals surface area contributed by atoms with Gasteiger partial charge in [-0.2, -0.15) is 0 Å². The van der Waals surface area contributed by atoms with Crippen LogP contribution in [0, 0.1) is 10.1 Å².